The van der Waals surface area contributed by atoms with Gasteiger partial charge in [-0.15, -0.1) is 0 Å². The zero-order chi connectivity index (χ0) is 25.1. The summed E-state index contributed by atoms with van der Waals surface area (Å²) < 4.78 is 7.03. The molecule has 3 unspecified atom stereocenters. The number of allylic oxidation sites excluding steroid dienone is 1. The monoisotopic (exact) mass is 584 g/mol. The molecule has 0 aliphatic heterocycles. The second kappa shape index (κ2) is 14.5. The summed E-state index contributed by atoms with van der Waals surface area (Å²) in [5.74, 6) is 0.0952. The van der Waals surface area contributed by atoms with Crippen molar-refractivity contribution in [2.75, 3.05) is 19.7 Å². The van der Waals surface area contributed by atoms with Crippen LogP contribution in [0, 0.1) is 3.57 Å². The minimum atomic E-state index is -1.01. The minimum Gasteiger partial charge on any atom is -0.482 e. The standard InChI is InChI=1S/C26H37IN2O5/c1-4-5-6-9-13-29(24(31)15-18(2)3)21-16-19(26(33)28-12-14-30)17-23(25(21)32)34-22-11-8-7-10-20(22)27/h7-8,10-11,15,17,21,23,25,30,32H,4-6,9,12-14,16H2,1-3H3,(H,28,33). The summed E-state index contributed by atoms with van der Waals surface area (Å²) in [6.45, 7) is 6.30. The van der Waals surface area contributed by atoms with Crippen LogP contribution in [0.3, 0.4) is 0 Å². The van der Waals surface area contributed by atoms with Gasteiger partial charge < -0.3 is 25.2 Å². The number of para-hydroxylation sites is 1. The average Bonchev–Trinajstić information content (AvgIpc) is 2.80. The van der Waals surface area contributed by atoms with Crippen LogP contribution in [0.5, 0.6) is 5.75 Å². The van der Waals surface area contributed by atoms with Crippen LogP contribution in [0.2, 0.25) is 0 Å². The first-order chi connectivity index (χ1) is 16.3. The molecule has 1 aliphatic carbocycles. The molecule has 0 fully saturated rings. The first kappa shape index (κ1) is 28.3. The molecule has 7 nitrogen and oxygen atoms in total. The molecule has 1 aromatic carbocycles. The van der Waals surface area contributed by atoms with Crippen LogP contribution in [0.1, 0.15) is 52.9 Å². The maximum Gasteiger partial charge on any atom is 0.247 e. The number of nitrogens with one attached hydrogen (secondary N) is 1. The normalized spacial score (nSPS) is 19.7. The summed E-state index contributed by atoms with van der Waals surface area (Å²) in [7, 11) is 0. The Kier molecular flexibility index (Phi) is 12.1. The molecule has 2 rings (SSSR count). The fourth-order valence-electron chi connectivity index (χ4n) is 3.94. The van der Waals surface area contributed by atoms with E-state index in [1.807, 2.05) is 38.1 Å². The first-order valence-corrected chi connectivity index (χ1v) is 13.0. The van der Waals surface area contributed by atoms with Crippen molar-refractivity contribution in [1.82, 2.24) is 10.2 Å². The van der Waals surface area contributed by atoms with Crippen molar-refractivity contribution in [1.29, 1.82) is 0 Å². The minimum absolute atomic E-state index is 0.128. The Hall–Kier alpha value is -1.91. The van der Waals surface area contributed by atoms with E-state index in [0.29, 0.717) is 17.9 Å². The maximum absolute atomic E-state index is 13.2. The Balaban J connectivity index is 2.38. The fraction of sp³-hybridized carbons (Fsp3) is 0.538. The second-order valence-corrected chi connectivity index (χ2v) is 9.92. The number of ether oxygens (including phenoxy) is 1. The molecule has 0 saturated heterocycles. The van der Waals surface area contributed by atoms with Crippen LogP contribution in [-0.2, 0) is 9.59 Å². The predicted molar refractivity (Wildman–Crippen MR) is 141 cm³/mol. The van der Waals surface area contributed by atoms with Crippen LogP contribution in [0.25, 0.3) is 0 Å². The van der Waals surface area contributed by atoms with Crippen molar-refractivity contribution in [2.45, 2.75) is 71.1 Å². The van der Waals surface area contributed by atoms with Gasteiger partial charge in [-0.3, -0.25) is 9.59 Å². The SMILES string of the molecule is CCCCCCN(C(=O)C=C(C)C)C1CC(C(=O)NCCO)=CC(Oc2ccccc2I)C1O. The molecule has 3 atom stereocenters. The maximum atomic E-state index is 13.2. The van der Waals surface area contributed by atoms with Crippen molar-refractivity contribution in [3.05, 3.63) is 51.1 Å². The Labute approximate surface area is 216 Å². The van der Waals surface area contributed by atoms with Gasteiger partial charge in [0.15, 0.2) is 0 Å². The summed E-state index contributed by atoms with van der Waals surface area (Å²) in [6, 6.07) is 6.85. The highest BCUT2D eigenvalue weighted by Gasteiger charge is 2.40. The summed E-state index contributed by atoms with van der Waals surface area (Å²) >= 11 is 2.16. The van der Waals surface area contributed by atoms with Crippen LogP contribution < -0.4 is 10.1 Å². The highest BCUT2D eigenvalue weighted by molar-refractivity contribution is 14.1. The van der Waals surface area contributed by atoms with Gasteiger partial charge in [0, 0.05) is 31.2 Å². The van der Waals surface area contributed by atoms with Crippen molar-refractivity contribution in [3.63, 3.8) is 0 Å². The van der Waals surface area contributed by atoms with E-state index in [9.17, 15) is 14.7 Å². The van der Waals surface area contributed by atoms with Gasteiger partial charge in [-0.05, 0) is 61.1 Å². The summed E-state index contributed by atoms with van der Waals surface area (Å²) in [5, 5.41) is 23.1. The first-order valence-electron chi connectivity index (χ1n) is 11.9. The number of nitrogens with zero attached hydrogens (tertiary/aromatic N) is 1. The van der Waals surface area contributed by atoms with Gasteiger partial charge in [-0.1, -0.05) is 43.9 Å². The lowest BCUT2D eigenvalue weighted by molar-refractivity contribution is -0.133. The van der Waals surface area contributed by atoms with Crippen molar-refractivity contribution in [2.24, 2.45) is 0 Å². The third kappa shape index (κ3) is 8.39. The smallest absolute Gasteiger partial charge is 0.247 e. The predicted octanol–water partition coefficient (Wildman–Crippen LogP) is 3.58. The fourth-order valence-corrected chi connectivity index (χ4v) is 4.46. The molecule has 0 saturated carbocycles. The number of unbranched alkanes of at least 4 members (excludes halogenated alkanes) is 3. The Bertz CT molecular complexity index is 882. The number of aliphatic hydroxyl groups is 2. The number of halogens is 1. The van der Waals surface area contributed by atoms with Gasteiger partial charge in [0.1, 0.15) is 18.0 Å². The molecular weight excluding hydrogens is 547 g/mol. The third-order valence-electron chi connectivity index (χ3n) is 5.66. The lowest BCUT2D eigenvalue weighted by Gasteiger charge is -2.40. The lowest BCUT2D eigenvalue weighted by atomic mass is 9.88. The van der Waals surface area contributed by atoms with Crippen molar-refractivity contribution in [3.8, 4) is 5.75 Å². The topological polar surface area (TPSA) is 99.1 Å². The van der Waals surface area contributed by atoms with E-state index in [2.05, 4.69) is 34.8 Å². The van der Waals surface area contributed by atoms with Gasteiger partial charge in [0.25, 0.3) is 0 Å². The van der Waals surface area contributed by atoms with Crippen LogP contribution in [-0.4, -0.2) is 64.9 Å². The molecule has 34 heavy (non-hydrogen) atoms. The number of hydrogen-bond donors (Lipinski definition) is 3. The Morgan fingerprint density at radius 3 is 2.62 bits per heavy atom. The van der Waals surface area contributed by atoms with Gasteiger partial charge in [-0.2, -0.15) is 0 Å². The molecule has 0 radical (unpaired) electrons. The zero-order valence-corrected chi connectivity index (χ0v) is 22.5. The van der Waals surface area contributed by atoms with E-state index in [1.165, 1.54) is 0 Å². The number of hydrogen-bond acceptors (Lipinski definition) is 5. The van der Waals surface area contributed by atoms with E-state index in [4.69, 9.17) is 9.84 Å². The molecule has 188 valence electrons. The number of benzene rings is 1. The summed E-state index contributed by atoms with van der Waals surface area (Å²) in [5.41, 5.74) is 1.31. The molecule has 3 N–H and O–H groups in total. The van der Waals surface area contributed by atoms with Crippen LogP contribution in [0.15, 0.2) is 47.6 Å². The number of carbonyl (C=O) groups is 2. The van der Waals surface area contributed by atoms with E-state index < -0.39 is 18.2 Å². The molecule has 0 heterocycles. The quantitative estimate of drug-likeness (QED) is 0.198. The molecule has 1 aliphatic rings. The Morgan fingerprint density at radius 1 is 1.24 bits per heavy atom. The molecule has 0 aromatic heterocycles. The largest absolute Gasteiger partial charge is 0.482 e. The van der Waals surface area contributed by atoms with Gasteiger partial charge in [-0.25, -0.2) is 0 Å². The number of aliphatic hydroxyl groups excluding tert-OH is 2. The molecular formula is C26H37IN2O5. The van der Waals surface area contributed by atoms with Crippen molar-refractivity contribution >= 4 is 34.4 Å². The molecule has 1 aromatic rings. The van der Waals surface area contributed by atoms with E-state index in [0.717, 1.165) is 34.8 Å². The number of rotatable bonds is 12. The van der Waals surface area contributed by atoms with E-state index >= 15 is 0 Å². The van der Waals surface area contributed by atoms with E-state index in [-0.39, 0.29) is 31.4 Å². The molecule has 2 amide bonds. The summed E-state index contributed by atoms with van der Waals surface area (Å²) in [6.07, 6.45) is 5.57. The molecule has 8 heteroatoms. The Morgan fingerprint density at radius 2 is 1.97 bits per heavy atom. The third-order valence-corrected chi connectivity index (χ3v) is 6.55. The van der Waals surface area contributed by atoms with E-state index in [1.54, 1.807) is 17.1 Å². The second-order valence-electron chi connectivity index (χ2n) is 8.76. The molecule has 0 spiro atoms. The van der Waals surface area contributed by atoms with Crippen molar-refractivity contribution < 1.29 is 24.5 Å². The van der Waals surface area contributed by atoms with Crippen LogP contribution >= 0.6 is 22.6 Å². The zero-order valence-electron chi connectivity index (χ0n) is 20.3. The molecule has 0 bridgehead atoms. The average molecular weight is 584 g/mol. The van der Waals surface area contributed by atoms with Crippen LogP contribution in [0.4, 0.5) is 0 Å². The highest BCUT2D eigenvalue weighted by atomic mass is 127. The summed E-state index contributed by atoms with van der Waals surface area (Å²) in [4.78, 5) is 27.7. The number of carbonyl (C=O) groups excluding carboxylic acids is 2. The lowest BCUT2D eigenvalue weighted by Crippen LogP contribution is -2.55. The van der Waals surface area contributed by atoms with Gasteiger partial charge in [0.2, 0.25) is 11.8 Å². The van der Waals surface area contributed by atoms with Gasteiger partial charge in [0.05, 0.1) is 16.2 Å². The van der Waals surface area contributed by atoms with Gasteiger partial charge >= 0.3 is 0 Å². The highest BCUT2D eigenvalue weighted by Crippen LogP contribution is 2.30. The number of amides is 2.